The highest BCUT2D eigenvalue weighted by atomic mass is 79.9. The average Bonchev–Trinajstić information content (AvgIpc) is 2.93. The van der Waals surface area contributed by atoms with E-state index in [1.54, 1.807) is 12.1 Å². The Balaban J connectivity index is 2.33. The van der Waals surface area contributed by atoms with E-state index in [9.17, 15) is 13.4 Å². The molecule has 1 aliphatic rings. The first kappa shape index (κ1) is 14.4. The van der Waals surface area contributed by atoms with E-state index in [4.69, 9.17) is 0 Å². The van der Waals surface area contributed by atoms with E-state index in [0.29, 0.717) is 12.8 Å². The molecule has 1 atom stereocenters. The number of carbonyl (C=O) groups excluding carboxylic acids is 1. The fourth-order valence-corrected chi connectivity index (χ4v) is 3.37. The lowest BCUT2D eigenvalue weighted by Crippen LogP contribution is -2.13. The Morgan fingerprint density at radius 3 is 2.42 bits per heavy atom. The second kappa shape index (κ2) is 5.96. The second-order valence-corrected chi connectivity index (χ2v) is 7.34. The molecular weight excluding hydrogens is 333 g/mol. The minimum absolute atomic E-state index is 0.248. The van der Waals surface area contributed by atoms with Gasteiger partial charge in [0, 0.05) is 10.4 Å². The molecule has 0 radical (unpaired) electrons. The van der Waals surface area contributed by atoms with Gasteiger partial charge in [-0.05, 0) is 37.1 Å². The third-order valence-electron chi connectivity index (χ3n) is 2.92. The van der Waals surface area contributed by atoms with Crippen molar-refractivity contribution in [2.45, 2.75) is 17.7 Å². The van der Waals surface area contributed by atoms with Crippen molar-refractivity contribution < 1.29 is 13.4 Å². The normalized spacial score (nSPS) is 18.2. The summed E-state index contributed by atoms with van der Waals surface area (Å²) in [6, 6.07) is 5.20. The van der Waals surface area contributed by atoms with E-state index in [2.05, 4.69) is 20.3 Å². The molecule has 1 aromatic rings. The zero-order valence-corrected chi connectivity index (χ0v) is 12.5. The molecule has 2 rings (SSSR count). The molecule has 1 aromatic carbocycles. The Hall–Kier alpha value is -1.01. The van der Waals surface area contributed by atoms with Crippen LogP contribution in [0.3, 0.4) is 0 Å². The molecule has 0 heterocycles. The summed E-state index contributed by atoms with van der Waals surface area (Å²) in [4.78, 5) is 12.1. The SMILES string of the molecule is O=C(N=S(=O)(CF)c1ccc(Br)cc1)C1CC=CC1. The number of rotatable bonds is 3. The minimum atomic E-state index is -3.30. The van der Waals surface area contributed by atoms with Gasteiger partial charge in [0.05, 0.1) is 4.90 Å². The van der Waals surface area contributed by atoms with Gasteiger partial charge in [0.1, 0.15) is 9.73 Å². The van der Waals surface area contributed by atoms with Crippen LogP contribution in [0.2, 0.25) is 0 Å². The number of benzene rings is 1. The molecule has 1 unspecified atom stereocenters. The summed E-state index contributed by atoms with van der Waals surface area (Å²) in [7, 11) is -3.30. The van der Waals surface area contributed by atoms with Crippen LogP contribution in [0.1, 0.15) is 12.8 Å². The first-order valence-corrected chi connectivity index (χ1v) is 8.28. The number of alkyl halides is 1. The minimum Gasteiger partial charge on any atom is -0.272 e. The van der Waals surface area contributed by atoms with Crippen LogP contribution in [0.25, 0.3) is 0 Å². The Morgan fingerprint density at radius 2 is 1.89 bits per heavy atom. The van der Waals surface area contributed by atoms with Crippen LogP contribution in [0.4, 0.5) is 4.39 Å². The van der Waals surface area contributed by atoms with Crippen molar-refractivity contribution in [1.29, 1.82) is 0 Å². The zero-order valence-electron chi connectivity index (χ0n) is 10.1. The smallest absolute Gasteiger partial charge is 0.257 e. The number of nitrogens with zero attached hydrogens (tertiary/aromatic N) is 1. The van der Waals surface area contributed by atoms with Crippen LogP contribution < -0.4 is 0 Å². The van der Waals surface area contributed by atoms with Crippen molar-refractivity contribution in [2.24, 2.45) is 10.3 Å². The first-order valence-electron chi connectivity index (χ1n) is 5.80. The van der Waals surface area contributed by atoms with Crippen LogP contribution >= 0.6 is 15.9 Å². The van der Waals surface area contributed by atoms with Gasteiger partial charge in [-0.1, -0.05) is 28.1 Å². The molecule has 0 N–H and O–H groups in total. The van der Waals surface area contributed by atoms with Gasteiger partial charge in [0.2, 0.25) is 0 Å². The van der Waals surface area contributed by atoms with Gasteiger partial charge < -0.3 is 0 Å². The third-order valence-corrected chi connectivity index (χ3v) is 5.23. The topological polar surface area (TPSA) is 46.5 Å². The van der Waals surface area contributed by atoms with Gasteiger partial charge in [-0.15, -0.1) is 0 Å². The number of carbonyl (C=O) groups is 1. The monoisotopic (exact) mass is 345 g/mol. The predicted octanol–water partition coefficient (Wildman–Crippen LogP) is 3.70. The molecule has 102 valence electrons. The summed E-state index contributed by atoms with van der Waals surface area (Å²) in [5, 5.41) is 0. The van der Waals surface area contributed by atoms with E-state index in [1.807, 2.05) is 12.2 Å². The van der Waals surface area contributed by atoms with Gasteiger partial charge in [-0.25, -0.2) is 8.60 Å². The van der Waals surface area contributed by atoms with E-state index < -0.39 is 21.6 Å². The van der Waals surface area contributed by atoms with Crippen LogP contribution in [0.15, 0.2) is 50.1 Å². The zero-order chi connectivity index (χ0) is 13.9. The Labute approximate surface area is 120 Å². The van der Waals surface area contributed by atoms with Crippen LogP contribution in [-0.4, -0.2) is 16.1 Å². The summed E-state index contributed by atoms with van der Waals surface area (Å²) < 4.78 is 30.0. The van der Waals surface area contributed by atoms with E-state index in [0.717, 1.165) is 4.47 Å². The summed E-state index contributed by atoms with van der Waals surface area (Å²) >= 11 is 3.25. The van der Waals surface area contributed by atoms with Gasteiger partial charge in [0.25, 0.3) is 5.91 Å². The highest BCUT2D eigenvalue weighted by molar-refractivity contribution is 9.10. The third kappa shape index (κ3) is 3.30. The van der Waals surface area contributed by atoms with Gasteiger partial charge in [-0.3, -0.25) is 4.79 Å². The summed E-state index contributed by atoms with van der Waals surface area (Å²) in [5.41, 5.74) is 0. The van der Waals surface area contributed by atoms with Crippen LogP contribution in [0.5, 0.6) is 0 Å². The molecule has 1 aliphatic carbocycles. The molecule has 0 saturated heterocycles. The van der Waals surface area contributed by atoms with Crippen molar-refractivity contribution in [3.8, 4) is 0 Å². The molecule has 0 aromatic heterocycles. The number of hydrogen-bond donors (Lipinski definition) is 0. The Kier molecular flexibility index (Phi) is 4.52. The highest BCUT2D eigenvalue weighted by Gasteiger charge is 2.22. The summed E-state index contributed by atoms with van der Waals surface area (Å²) in [6.45, 7) is 0. The van der Waals surface area contributed by atoms with Crippen molar-refractivity contribution in [3.05, 3.63) is 40.9 Å². The molecule has 0 spiro atoms. The molecule has 6 heteroatoms. The van der Waals surface area contributed by atoms with Crippen molar-refractivity contribution in [3.63, 3.8) is 0 Å². The maximum Gasteiger partial charge on any atom is 0.257 e. The van der Waals surface area contributed by atoms with Gasteiger partial charge in [-0.2, -0.15) is 4.36 Å². The van der Waals surface area contributed by atoms with E-state index in [-0.39, 0.29) is 10.8 Å². The fourth-order valence-electron chi connectivity index (χ4n) is 1.83. The lowest BCUT2D eigenvalue weighted by atomic mass is 10.1. The second-order valence-electron chi connectivity index (χ2n) is 4.27. The van der Waals surface area contributed by atoms with Gasteiger partial charge >= 0.3 is 0 Å². The van der Waals surface area contributed by atoms with Crippen LogP contribution in [0, 0.1) is 5.92 Å². The molecule has 0 fully saturated rings. The van der Waals surface area contributed by atoms with E-state index >= 15 is 0 Å². The van der Waals surface area contributed by atoms with Gasteiger partial charge in [0.15, 0.2) is 6.01 Å². The predicted molar refractivity (Wildman–Crippen MR) is 75.8 cm³/mol. The number of amides is 1. The number of hydrogen-bond acceptors (Lipinski definition) is 2. The van der Waals surface area contributed by atoms with Crippen molar-refractivity contribution in [2.75, 3.05) is 6.01 Å². The maximum atomic E-state index is 13.1. The molecule has 0 saturated carbocycles. The Bertz CT molecular complexity index is 610. The quantitative estimate of drug-likeness (QED) is 0.784. The number of halogens is 2. The first-order chi connectivity index (χ1) is 9.05. The Morgan fingerprint density at radius 1 is 1.32 bits per heavy atom. The van der Waals surface area contributed by atoms with Crippen molar-refractivity contribution >= 4 is 31.6 Å². The number of allylic oxidation sites excluding steroid dienone is 2. The van der Waals surface area contributed by atoms with E-state index in [1.165, 1.54) is 12.1 Å². The maximum absolute atomic E-state index is 13.1. The highest BCUT2D eigenvalue weighted by Crippen LogP contribution is 2.23. The lowest BCUT2D eigenvalue weighted by Gasteiger charge is -2.08. The molecule has 1 amide bonds. The average molecular weight is 346 g/mol. The molecule has 3 nitrogen and oxygen atoms in total. The summed E-state index contributed by atoms with van der Waals surface area (Å²) in [6.07, 6.45) is 4.94. The lowest BCUT2D eigenvalue weighted by molar-refractivity contribution is -0.121. The largest absolute Gasteiger partial charge is 0.272 e. The standard InChI is InChI=1S/C13H13BrFNO2S/c14-11-5-7-12(8-6-11)19(18,9-15)16-13(17)10-3-1-2-4-10/h1-2,5-8,10H,3-4,9H2. The molecule has 19 heavy (non-hydrogen) atoms. The fraction of sp³-hybridized carbons (Fsp3) is 0.308. The molecule has 0 bridgehead atoms. The summed E-state index contributed by atoms with van der Waals surface area (Å²) in [5.74, 6) is -0.765. The van der Waals surface area contributed by atoms with Crippen molar-refractivity contribution in [1.82, 2.24) is 0 Å². The molecule has 0 aliphatic heterocycles. The van der Waals surface area contributed by atoms with Crippen LogP contribution in [-0.2, 0) is 14.5 Å². The molecular formula is C13H13BrFNO2S.